The number of aromatic nitrogens is 1. The molecule has 2 N–H and O–H groups in total. The highest BCUT2D eigenvalue weighted by molar-refractivity contribution is 5.74. The number of phenolic OH excluding ortho intramolecular Hbond substituents is 1. The van der Waals surface area contributed by atoms with E-state index in [-0.39, 0.29) is 17.8 Å². The summed E-state index contributed by atoms with van der Waals surface area (Å²) in [6.07, 6.45) is 4.18. The summed E-state index contributed by atoms with van der Waals surface area (Å²) in [5.74, 6) is 0.249. The Hall–Kier alpha value is -2.56. The number of amides is 2. The molecule has 0 saturated carbocycles. The predicted molar refractivity (Wildman–Crippen MR) is 85.5 cm³/mol. The summed E-state index contributed by atoms with van der Waals surface area (Å²) in [7, 11) is 1.78. The molecule has 2 amide bonds. The van der Waals surface area contributed by atoms with Crippen molar-refractivity contribution in [2.75, 3.05) is 7.05 Å². The maximum Gasteiger partial charge on any atom is 0.317 e. The number of benzene rings is 1. The van der Waals surface area contributed by atoms with Crippen LogP contribution < -0.4 is 5.32 Å². The molecule has 5 nitrogen and oxygen atoms in total. The maximum atomic E-state index is 12.2. The van der Waals surface area contributed by atoms with E-state index in [2.05, 4.69) is 10.3 Å². The number of phenols is 1. The highest BCUT2D eigenvalue weighted by atomic mass is 16.3. The number of carbonyl (C=O) groups excluding carboxylic acids is 1. The lowest BCUT2D eigenvalue weighted by Gasteiger charge is -2.25. The molecule has 22 heavy (non-hydrogen) atoms. The zero-order valence-electron chi connectivity index (χ0n) is 12.9. The van der Waals surface area contributed by atoms with Crippen molar-refractivity contribution in [3.8, 4) is 5.75 Å². The van der Waals surface area contributed by atoms with Crippen LogP contribution in [0.2, 0.25) is 0 Å². The number of hydrogen-bond acceptors (Lipinski definition) is 3. The van der Waals surface area contributed by atoms with Gasteiger partial charge in [0.1, 0.15) is 5.75 Å². The molecule has 1 aromatic heterocycles. The second-order valence-electron chi connectivity index (χ2n) is 5.35. The molecule has 1 heterocycles. The smallest absolute Gasteiger partial charge is 0.317 e. The zero-order valence-corrected chi connectivity index (χ0v) is 12.9. The van der Waals surface area contributed by atoms with E-state index in [1.165, 1.54) is 0 Å². The number of urea groups is 1. The van der Waals surface area contributed by atoms with E-state index < -0.39 is 0 Å². The lowest BCUT2D eigenvalue weighted by atomic mass is 10.1. The number of pyridine rings is 1. The Bertz CT molecular complexity index is 599. The van der Waals surface area contributed by atoms with Crippen LogP contribution in [0.4, 0.5) is 4.79 Å². The Morgan fingerprint density at radius 3 is 2.64 bits per heavy atom. The molecule has 0 aliphatic rings. The van der Waals surface area contributed by atoms with Gasteiger partial charge in [0.05, 0.1) is 0 Å². The van der Waals surface area contributed by atoms with Gasteiger partial charge in [0.25, 0.3) is 0 Å². The first-order valence-electron chi connectivity index (χ1n) is 7.23. The molecule has 0 spiro atoms. The number of aromatic hydroxyl groups is 1. The van der Waals surface area contributed by atoms with Crippen LogP contribution in [0, 0.1) is 0 Å². The second-order valence-corrected chi connectivity index (χ2v) is 5.35. The number of likely N-dealkylation sites (N-methyl/N-ethyl adjacent to an activating group) is 1. The third-order valence-corrected chi connectivity index (χ3v) is 3.62. The number of carbonyl (C=O) groups is 1. The number of hydrogen-bond donors (Lipinski definition) is 2. The summed E-state index contributed by atoms with van der Waals surface area (Å²) in [5.41, 5.74) is 2.05. The Balaban J connectivity index is 1.85. The number of nitrogens with zero attached hydrogens (tertiary/aromatic N) is 2. The largest absolute Gasteiger partial charge is 0.508 e. The molecule has 0 unspecified atom stereocenters. The first kappa shape index (κ1) is 15.8. The van der Waals surface area contributed by atoms with Crippen LogP contribution in [0.5, 0.6) is 5.75 Å². The topological polar surface area (TPSA) is 65.5 Å². The van der Waals surface area contributed by atoms with Crippen molar-refractivity contribution >= 4 is 6.03 Å². The van der Waals surface area contributed by atoms with Crippen molar-refractivity contribution in [3.63, 3.8) is 0 Å². The zero-order chi connectivity index (χ0) is 15.9. The van der Waals surface area contributed by atoms with Crippen molar-refractivity contribution < 1.29 is 9.90 Å². The third-order valence-electron chi connectivity index (χ3n) is 3.62. The van der Waals surface area contributed by atoms with Gasteiger partial charge < -0.3 is 15.3 Å². The Morgan fingerprint density at radius 2 is 2.00 bits per heavy atom. The molecule has 0 aliphatic heterocycles. The molecule has 0 fully saturated rings. The molecule has 1 atom stereocenters. The first-order chi connectivity index (χ1) is 10.6. The minimum absolute atomic E-state index is 0.0541. The average Bonchev–Trinajstić information content (AvgIpc) is 2.55. The van der Waals surface area contributed by atoms with Gasteiger partial charge >= 0.3 is 6.03 Å². The standard InChI is InChI=1S/C17H21N3O2/c1-13(10-14-5-7-16(21)8-6-14)20(2)17(22)19-12-15-4-3-9-18-11-15/h3-9,11,13,21H,10,12H2,1-2H3,(H,19,22)/t13-/m1/s1. The molecule has 116 valence electrons. The Labute approximate surface area is 130 Å². The van der Waals surface area contributed by atoms with Gasteiger partial charge in [-0.15, -0.1) is 0 Å². The van der Waals surface area contributed by atoms with Crippen molar-refractivity contribution in [1.29, 1.82) is 0 Å². The van der Waals surface area contributed by atoms with Crippen LogP contribution in [0.3, 0.4) is 0 Å². The minimum Gasteiger partial charge on any atom is -0.508 e. The van der Waals surface area contributed by atoms with E-state index in [1.54, 1.807) is 36.5 Å². The van der Waals surface area contributed by atoms with Gasteiger partial charge in [0.15, 0.2) is 0 Å². The predicted octanol–water partition coefficient (Wildman–Crippen LogP) is 2.56. The van der Waals surface area contributed by atoms with Gasteiger partial charge in [0, 0.05) is 32.0 Å². The highest BCUT2D eigenvalue weighted by Crippen LogP contribution is 2.13. The number of rotatable bonds is 5. The molecule has 0 saturated heterocycles. The van der Waals surface area contributed by atoms with Gasteiger partial charge in [0.2, 0.25) is 0 Å². The molecule has 0 radical (unpaired) electrons. The highest BCUT2D eigenvalue weighted by Gasteiger charge is 2.15. The quantitative estimate of drug-likeness (QED) is 0.891. The van der Waals surface area contributed by atoms with E-state index in [1.807, 2.05) is 31.2 Å². The molecule has 0 aliphatic carbocycles. The van der Waals surface area contributed by atoms with Crippen molar-refractivity contribution in [1.82, 2.24) is 15.2 Å². The molecule has 5 heteroatoms. The van der Waals surface area contributed by atoms with E-state index in [0.29, 0.717) is 6.54 Å². The molecule has 2 rings (SSSR count). The number of nitrogens with one attached hydrogen (secondary N) is 1. The minimum atomic E-state index is -0.116. The van der Waals surface area contributed by atoms with Gasteiger partial charge in [-0.05, 0) is 42.7 Å². The van der Waals surface area contributed by atoms with Crippen molar-refractivity contribution in [3.05, 3.63) is 59.9 Å². The van der Waals surface area contributed by atoms with Crippen LogP contribution in [0.1, 0.15) is 18.1 Å². The van der Waals surface area contributed by atoms with Crippen LogP contribution in [0.25, 0.3) is 0 Å². The summed E-state index contributed by atoms with van der Waals surface area (Å²) in [4.78, 5) is 17.9. The third kappa shape index (κ3) is 4.48. The van der Waals surface area contributed by atoms with Crippen LogP contribution in [-0.4, -0.2) is 34.1 Å². The van der Waals surface area contributed by atoms with E-state index in [9.17, 15) is 9.90 Å². The van der Waals surface area contributed by atoms with Crippen molar-refractivity contribution in [2.24, 2.45) is 0 Å². The fourth-order valence-electron chi connectivity index (χ4n) is 2.12. The Morgan fingerprint density at radius 1 is 1.27 bits per heavy atom. The summed E-state index contributed by atoms with van der Waals surface area (Å²) >= 11 is 0. The van der Waals surface area contributed by atoms with E-state index in [4.69, 9.17) is 0 Å². The monoisotopic (exact) mass is 299 g/mol. The molecule has 0 bridgehead atoms. The van der Waals surface area contributed by atoms with E-state index in [0.717, 1.165) is 17.5 Å². The van der Waals surface area contributed by atoms with Gasteiger partial charge in [-0.1, -0.05) is 18.2 Å². The van der Waals surface area contributed by atoms with Gasteiger partial charge in [-0.2, -0.15) is 0 Å². The van der Waals surface area contributed by atoms with Crippen LogP contribution in [-0.2, 0) is 13.0 Å². The molecule has 2 aromatic rings. The van der Waals surface area contributed by atoms with Crippen molar-refractivity contribution in [2.45, 2.75) is 25.9 Å². The summed E-state index contributed by atoms with van der Waals surface area (Å²) in [6.45, 7) is 2.46. The summed E-state index contributed by atoms with van der Waals surface area (Å²) < 4.78 is 0. The van der Waals surface area contributed by atoms with Gasteiger partial charge in [-0.3, -0.25) is 4.98 Å². The Kier molecular flexibility index (Phi) is 5.36. The van der Waals surface area contributed by atoms with Crippen LogP contribution in [0.15, 0.2) is 48.8 Å². The van der Waals surface area contributed by atoms with Gasteiger partial charge in [-0.25, -0.2) is 4.79 Å². The lowest BCUT2D eigenvalue weighted by molar-refractivity contribution is 0.193. The average molecular weight is 299 g/mol. The SMILES string of the molecule is C[C@H](Cc1ccc(O)cc1)N(C)C(=O)NCc1cccnc1. The second kappa shape index (κ2) is 7.45. The van der Waals surface area contributed by atoms with Crippen LogP contribution >= 0.6 is 0 Å². The normalized spacial score (nSPS) is 11.7. The molecule has 1 aromatic carbocycles. The molecular formula is C17H21N3O2. The maximum absolute atomic E-state index is 12.2. The summed E-state index contributed by atoms with van der Waals surface area (Å²) in [6, 6.07) is 10.8. The fourth-order valence-corrected chi connectivity index (χ4v) is 2.12. The van der Waals surface area contributed by atoms with E-state index >= 15 is 0 Å². The fraction of sp³-hybridized carbons (Fsp3) is 0.294. The lowest BCUT2D eigenvalue weighted by Crippen LogP contribution is -2.42. The molecular weight excluding hydrogens is 278 g/mol. The first-order valence-corrected chi connectivity index (χ1v) is 7.23. The summed E-state index contributed by atoms with van der Waals surface area (Å²) in [5, 5.41) is 12.2.